The molecular formula is C10H7ClF3N3O2. The van der Waals surface area contributed by atoms with Gasteiger partial charge in [0.15, 0.2) is 11.3 Å². The standard InChI is InChI=1S/C10H7ClF3N3O2/c1-19-9(18)6-7(11)17-3-2-4(15)5(8(17)16-6)10(12,13)14/h2-3H,15H2,1H3. The van der Waals surface area contributed by atoms with Gasteiger partial charge < -0.3 is 10.5 Å². The molecule has 0 amide bonds. The second-order valence-electron chi connectivity index (χ2n) is 3.58. The number of imidazole rings is 1. The van der Waals surface area contributed by atoms with Crippen LogP contribution in [-0.2, 0) is 10.9 Å². The van der Waals surface area contributed by atoms with Crippen molar-refractivity contribution in [2.24, 2.45) is 0 Å². The number of hydrogen-bond acceptors (Lipinski definition) is 4. The smallest absolute Gasteiger partial charge is 0.421 e. The molecule has 0 bridgehead atoms. The summed E-state index contributed by atoms with van der Waals surface area (Å²) in [5.74, 6) is -0.930. The molecule has 2 aromatic heterocycles. The third kappa shape index (κ3) is 2.07. The number of esters is 1. The molecule has 0 fully saturated rings. The van der Waals surface area contributed by atoms with Crippen molar-refractivity contribution in [1.29, 1.82) is 0 Å². The first-order chi connectivity index (χ1) is 8.77. The van der Waals surface area contributed by atoms with E-state index in [-0.39, 0.29) is 5.15 Å². The van der Waals surface area contributed by atoms with Crippen molar-refractivity contribution in [2.75, 3.05) is 12.8 Å². The van der Waals surface area contributed by atoms with E-state index >= 15 is 0 Å². The SMILES string of the molecule is COC(=O)c1nc2c(C(F)(F)F)c(N)ccn2c1Cl. The summed E-state index contributed by atoms with van der Waals surface area (Å²) in [6, 6.07) is 1.03. The number of halogens is 4. The molecule has 0 saturated heterocycles. The first kappa shape index (κ1) is 13.5. The second-order valence-corrected chi connectivity index (χ2v) is 3.94. The molecule has 5 nitrogen and oxygen atoms in total. The van der Waals surface area contributed by atoms with Crippen molar-refractivity contribution >= 4 is 28.9 Å². The topological polar surface area (TPSA) is 69.6 Å². The van der Waals surface area contributed by atoms with Crippen LogP contribution in [0.3, 0.4) is 0 Å². The van der Waals surface area contributed by atoms with Gasteiger partial charge in [-0.05, 0) is 6.07 Å². The van der Waals surface area contributed by atoms with Crippen molar-refractivity contribution in [2.45, 2.75) is 6.18 Å². The quantitative estimate of drug-likeness (QED) is 0.820. The van der Waals surface area contributed by atoms with E-state index in [0.717, 1.165) is 17.6 Å². The highest BCUT2D eigenvalue weighted by molar-refractivity contribution is 6.32. The molecule has 2 N–H and O–H groups in total. The van der Waals surface area contributed by atoms with Crippen molar-refractivity contribution in [3.63, 3.8) is 0 Å². The van der Waals surface area contributed by atoms with Gasteiger partial charge in [-0.1, -0.05) is 11.6 Å². The maximum atomic E-state index is 12.9. The predicted octanol–water partition coefficient (Wildman–Crippen LogP) is 2.38. The van der Waals surface area contributed by atoms with Crippen LogP contribution in [0.2, 0.25) is 5.15 Å². The number of methoxy groups -OCH3 is 1. The summed E-state index contributed by atoms with van der Waals surface area (Å²) < 4.78 is 44.0. The zero-order chi connectivity index (χ0) is 14.4. The van der Waals surface area contributed by atoms with Gasteiger partial charge in [-0.3, -0.25) is 4.40 Å². The summed E-state index contributed by atoms with van der Waals surface area (Å²) in [6.45, 7) is 0. The summed E-state index contributed by atoms with van der Waals surface area (Å²) in [6.07, 6.45) is -3.52. The fourth-order valence-corrected chi connectivity index (χ4v) is 1.87. The molecule has 2 aromatic rings. The Bertz CT molecular complexity index is 666. The lowest BCUT2D eigenvalue weighted by molar-refractivity contribution is -0.136. The summed E-state index contributed by atoms with van der Waals surface area (Å²) in [4.78, 5) is 14.9. The van der Waals surface area contributed by atoms with Crippen LogP contribution in [0.5, 0.6) is 0 Å². The average Bonchev–Trinajstić information content (AvgIpc) is 2.63. The van der Waals surface area contributed by atoms with Crippen molar-refractivity contribution in [1.82, 2.24) is 9.38 Å². The molecule has 0 spiro atoms. The number of carbonyl (C=O) groups is 1. The van der Waals surface area contributed by atoms with E-state index in [9.17, 15) is 18.0 Å². The average molecular weight is 294 g/mol. The van der Waals surface area contributed by atoms with E-state index in [0.29, 0.717) is 0 Å². The molecule has 2 heterocycles. The van der Waals surface area contributed by atoms with Crippen LogP contribution < -0.4 is 5.73 Å². The highest BCUT2D eigenvalue weighted by Crippen LogP contribution is 2.37. The minimum Gasteiger partial charge on any atom is -0.464 e. The van der Waals surface area contributed by atoms with Gasteiger partial charge in [-0.15, -0.1) is 0 Å². The van der Waals surface area contributed by atoms with Gasteiger partial charge in [0.2, 0.25) is 0 Å². The fourth-order valence-electron chi connectivity index (χ4n) is 1.61. The molecule has 9 heteroatoms. The van der Waals surface area contributed by atoms with E-state index in [1.807, 2.05) is 0 Å². The van der Waals surface area contributed by atoms with Gasteiger partial charge in [0, 0.05) is 11.9 Å². The Morgan fingerprint density at radius 2 is 2.16 bits per heavy atom. The normalized spacial score (nSPS) is 11.8. The number of hydrogen-bond donors (Lipinski definition) is 1. The minimum atomic E-state index is -4.71. The largest absolute Gasteiger partial charge is 0.464 e. The lowest BCUT2D eigenvalue weighted by atomic mass is 10.2. The third-order valence-electron chi connectivity index (χ3n) is 2.43. The Hall–Kier alpha value is -1.96. The molecule has 2 rings (SSSR count). The van der Waals surface area contributed by atoms with E-state index in [1.165, 1.54) is 6.20 Å². The van der Waals surface area contributed by atoms with E-state index in [1.54, 1.807) is 0 Å². The Morgan fingerprint density at radius 1 is 1.53 bits per heavy atom. The number of ether oxygens (including phenoxy) is 1. The predicted molar refractivity (Wildman–Crippen MR) is 61.0 cm³/mol. The number of pyridine rings is 1. The first-order valence-corrected chi connectivity index (χ1v) is 5.26. The lowest BCUT2D eigenvalue weighted by Crippen LogP contribution is -2.11. The molecule has 0 aliphatic rings. The number of aromatic nitrogens is 2. The summed E-state index contributed by atoms with van der Waals surface area (Å²) in [5, 5.41) is -0.271. The zero-order valence-electron chi connectivity index (χ0n) is 9.45. The number of alkyl halides is 3. The van der Waals surface area contributed by atoms with Crippen LogP contribution in [0.4, 0.5) is 18.9 Å². The number of carbonyl (C=O) groups excluding carboxylic acids is 1. The third-order valence-corrected chi connectivity index (χ3v) is 2.79. The minimum absolute atomic E-state index is 0.271. The molecule has 0 aliphatic carbocycles. The molecule has 0 aliphatic heterocycles. The van der Waals surface area contributed by atoms with E-state index < -0.39 is 34.7 Å². The van der Waals surface area contributed by atoms with Crippen molar-refractivity contribution in [3.8, 4) is 0 Å². The number of nitrogens with two attached hydrogens (primary N) is 1. The van der Waals surface area contributed by atoms with Crippen molar-refractivity contribution in [3.05, 3.63) is 28.7 Å². The maximum Gasteiger partial charge on any atom is 0.421 e. The summed E-state index contributed by atoms with van der Waals surface area (Å²) in [7, 11) is 1.07. The van der Waals surface area contributed by atoms with E-state index in [4.69, 9.17) is 17.3 Å². The monoisotopic (exact) mass is 293 g/mol. The number of fused-ring (bicyclic) bond motifs is 1. The zero-order valence-corrected chi connectivity index (χ0v) is 10.2. The molecule has 0 unspecified atom stereocenters. The molecule has 0 radical (unpaired) electrons. The number of rotatable bonds is 1. The Balaban J connectivity index is 2.84. The Labute approximate surface area is 109 Å². The fraction of sp³-hybridized carbons (Fsp3) is 0.200. The number of nitrogens with zero attached hydrogens (tertiary/aromatic N) is 2. The number of nitrogen functional groups attached to an aromatic ring is 1. The Kier molecular flexibility index (Phi) is 3.05. The molecule has 0 aromatic carbocycles. The van der Waals surface area contributed by atoms with Crippen LogP contribution in [0, 0.1) is 0 Å². The lowest BCUT2D eigenvalue weighted by Gasteiger charge is -2.10. The molecule has 0 saturated carbocycles. The van der Waals surface area contributed by atoms with Gasteiger partial charge in [0.05, 0.1) is 7.11 Å². The van der Waals surface area contributed by atoms with Crippen LogP contribution in [0.1, 0.15) is 16.1 Å². The molecular weight excluding hydrogens is 287 g/mol. The molecule has 0 atom stereocenters. The van der Waals surface area contributed by atoms with Gasteiger partial charge in [0.25, 0.3) is 0 Å². The first-order valence-electron chi connectivity index (χ1n) is 4.89. The highest BCUT2D eigenvalue weighted by atomic mass is 35.5. The van der Waals surface area contributed by atoms with Crippen molar-refractivity contribution < 1.29 is 22.7 Å². The summed E-state index contributed by atoms with van der Waals surface area (Å²) >= 11 is 5.80. The molecule has 19 heavy (non-hydrogen) atoms. The number of anilines is 1. The Morgan fingerprint density at radius 3 is 2.68 bits per heavy atom. The van der Waals surface area contributed by atoms with Gasteiger partial charge in [-0.2, -0.15) is 13.2 Å². The van der Waals surface area contributed by atoms with Crippen LogP contribution in [0.25, 0.3) is 5.65 Å². The van der Waals surface area contributed by atoms with Gasteiger partial charge >= 0.3 is 12.1 Å². The van der Waals surface area contributed by atoms with Gasteiger partial charge in [0.1, 0.15) is 10.7 Å². The van der Waals surface area contributed by atoms with E-state index in [2.05, 4.69) is 9.72 Å². The van der Waals surface area contributed by atoms with Gasteiger partial charge in [-0.25, -0.2) is 9.78 Å². The second kappa shape index (κ2) is 4.30. The molecule has 102 valence electrons. The van der Waals surface area contributed by atoms with Crippen LogP contribution in [0.15, 0.2) is 12.3 Å². The maximum absolute atomic E-state index is 12.9. The highest BCUT2D eigenvalue weighted by Gasteiger charge is 2.37. The van der Waals surface area contributed by atoms with Crippen LogP contribution >= 0.6 is 11.6 Å². The van der Waals surface area contributed by atoms with Crippen LogP contribution in [-0.4, -0.2) is 22.5 Å². The summed E-state index contributed by atoms with van der Waals surface area (Å²) in [5.41, 5.74) is 2.71.